The van der Waals surface area contributed by atoms with Gasteiger partial charge in [0.05, 0.1) is 17.0 Å². The Morgan fingerprint density at radius 2 is 2.29 bits per heavy atom. The lowest BCUT2D eigenvalue weighted by molar-refractivity contribution is -0.133. The van der Waals surface area contributed by atoms with Gasteiger partial charge >= 0.3 is 0 Å². The van der Waals surface area contributed by atoms with Crippen LogP contribution in [0.3, 0.4) is 0 Å². The minimum absolute atomic E-state index is 0.00926. The topological polar surface area (TPSA) is 64.3 Å². The van der Waals surface area contributed by atoms with E-state index in [4.69, 9.17) is 22.7 Å². The van der Waals surface area contributed by atoms with Gasteiger partial charge in [-0.3, -0.25) is 4.79 Å². The molecular weight excluding hydrogens is 236 g/mol. The summed E-state index contributed by atoms with van der Waals surface area (Å²) >= 11 is 5.05. The Hall–Kier alpha value is -0.680. The molecule has 2 rings (SSSR count). The summed E-state index contributed by atoms with van der Waals surface area (Å²) in [4.78, 5) is 12.5. The van der Waals surface area contributed by atoms with E-state index in [2.05, 4.69) is 12.2 Å². The predicted molar refractivity (Wildman–Crippen MR) is 69.6 cm³/mol. The first-order chi connectivity index (χ1) is 8.04. The van der Waals surface area contributed by atoms with Gasteiger partial charge in [-0.2, -0.15) is 0 Å². The van der Waals surface area contributed by atoms with Gasteiger partial charge in [0.2, 0.25) is 5.91 Å². The van der Waals surface area contributed by atoms with Crippen LogP contribution in [0.5, 0.6) is 0 Å². The first-order valence-electron chi connectivity index (χ1n) is 6.20. The number of hydrogen-bond donors (Lipinski definition) is 2. The van der Waals surface area contributed by atoms with Gasteiger partial charge in [-0.15, -0.1) is 0 Å². The van der Waals surface area contributed by atoms with Crippen molar-refractivity contribution >= 4 is 23.1 Å². The average molecular weight is 256 g/mol. The molecule has 1 saturated carbocycles. The Labute approximate surface area is 107 Å². The Morgan fingerprint density at radius 3 is 2.76 bits per heavy atom. The van der Waals surface area contributed by atoms with Crippen molar-refractivity contribution in [2.75, 3.05) is 19.8 Å². The van der Waals surface area contributed by atoms with Gasteiger partial charge < -0.3 is 15.8 Å². The molecule has 17 heavy (non-hydrogen) atoms. The van der Waals surface area contributed by atoms with Gasteiger partial charge in [-0.1, -0.05) is 19.1 Å². The largest absolute Gasteiger partial charge is 0.392 e. The minimum atomic E-state index is -0.575. The molecule has 1 aliphatic heterocycles. The summed E-state index contributed by atoms with van der Waals surface area (Å²) in [6.07, 6.45) is 2.60. The summed E-state index contributed by atoms with van der Waals surface area (Å²) in [7, 11) is 0. The van der Waals surface area contributed by atoms with Gasteiger partial charge in [0, 0.05) is 19.1 Å². The van der Waals surface area contributed by atoms with Gasteiger partial charge in [0.1, 0.15) is 0 Å². The number of rotatable bonds is 4. The van der Waals surface area contributed by atoms with Gasteiger partial charge in [-0.25, -0.2) is 0 Å². The number of nitrogens with two attached hydrogens (primary N) is 1. The number of nitrogens with one attached hydrogen (secondary N) is 1. The van der Waals surface area contributed by atoms with E-state index in [0.717, 1.165) is 32.5 Å². The van der Waals surface area contributed by atoms with E-state index in [1.165, 1.54) is 0 Å². The Kier molecular flexibility index (Phi) is 3.68. The molecule has 2 aliphatic rings. The molecule has 3 N–H and O–H groups in total. The molecule has 1 unspecified atom stereocenters. The quantitative estimate of drug-likeness (QED) is 0.732. The van der Waals surface area contributed by atoms with Gasteiger partial charge in [-0.05, 0) is 25.2 Å². The first kappa shape index (κ1) is 12.8. The zero-order valence-electron chi connectivity index (χ0n) is 10.2. The second-order valence-electron chi connectivity index (χ2n) is 5.40. The van der Waals surface area contributed by atoms with Gasteiger partial charge in [0.25, 0.3) is 0 Å². The standard InChI is InChI=1S/C12H20N2O2S/c1-8-4-12(5-8,10(13)17)11(15)14-6-9-2-3-16-7-9/h8-9H,2-7H2,1H3,(H2,13,17)(H,14,15). The number of carbonyl (C=O) groups is 1. The number of hydrogen-bond acceptors (Lipinski definition) is 3. The van der Waals surface area contributed by atoms with Crippen LogP contribution in [0.2, 0.25) is 0 Å². The maximum atomic E-state index is 12.2. The van der Waals surface area contributed by atoms with Crippen molar-refractivity contribution in [3.8, 4) is 0 Å². The SMILES string of the molecule is CC1CC(C(=O)NCC2CCOC2)(C(N)=S)C1. The second kappa shape index (κ2) is 4.90. The molecule has 2 fully saturated rings. The van der Waals surface area contributed by atoms with E-state index in [9.17, 15) is 4.79 Å². The number of thiocarbonyl (C=S) groups is 1. The third-order valence-corrected chi connectivity index (χ3v) is 4.27. The van der Waals surface area contributed by atoms with Crippen LogP contribution in [0.4, 0.5) is 0 Å². The maximum Gasteiger partial charge on any atom is 0.233 e. The first-order valence-corrected chi connectivity index (χ1v) is 6.61. The highest BCUT2D eigenvalue weighted by Gasteiger charge is 2.50. The van der Waals surface area contributed by atoms with Crippen LogP contribution in [0.25, 0.3) is 0 Å². The average Bonchev–Trinajstić information content (AvgIpc) is 2.73. The van der Waals surface area contributed by atoms with Gasteiger partial charge in [0.15, 0.2) is 0 Å². The van der Waals surface area contributed by atoms with E-state index in [0.29, 0.717) is 23.4 Å². The van der Waals surface area contributed by atoms with Crippen LogP contribution in [0.15, 0.2) is 0 Å². The molecule has 5 heteroatoms. The third-order valence-electron chi connectivity index (χ3n) is 3.88. The Bertz CT molecular complexity index is 320. The zero-order chi connectivity index (χ0) is 12.5. The van der Waals surface area contributed by atoms with E-state index >= 15 is 0 Å². The van der Waals surface area contributed by atoms with Crippen molar-refractivity contribution in [2.45, 2.75) is 26.2 Å². The molecule has 0 bridgehead atoms. The fourth-order valence-corrected chi connectivity index (χ4v) is 3.04. The smallest absolute Gasteiger partial charge is 0.233 e. The molecule has 1 amide bonds. The summed E-state index contributed by atoms with van der Waals surface area (Å²) < 4.78 is 5.28. The van der Waals surface area contributed by atoms with E-state index in [-0.39, 0.29) is 5.91 Å². The van der Waals surface area contributed by atoms with Crippen molar-refractivity contribution in [1.29, 1.82) is 0 Å². The van der Waals surface area contributed by atoms with Crippen molar-refractivity contribution in [1.82, 2.24) is 5.32 Å². The Balaban J connectivity index is 1.87. The fraction of sp³-hybridized carbons (Fsp3) is 0.833. The second-order valence-corrected chi connectivity index (χ2v) is 5.84. The van der Waals surface area contributed by atoms with Crippen LogP contribution >= 0.6 is 12.2 Å². The van der Waals surface area contributed by atoms with Crippen LogP contribution in [-0.4, -0.2) is 30.7 Å². The van der Waals surface area contributed by atoms with E-state index in [1.54, 1.807) is 0 Å². The Morgan fingerprint density at radius 1 is 1.59 bits per heavy atom. The van der Waals surface area contributed by atoms with Crippen LogP contribution in [0.1, 0.15) is 26.2 Å². The highest BCUT2D eigenvalue weighted by Crippen LogP contribution is 2.45. The molecule has 1 aliphatic carbocycles. The summed E-state index contributed by atoms with van der Waals surface area (Å²) in [5, 5.41) is 2.98. The predicted octanol–water partition coefficient (Wildman–Crippen LogP) is 0.841. The van der Waals surface area contributed by atoms with E-state index < -0.39 is 5.41 Å². The summed E-state index contributed by atoms with van der Waals surface area (Å²) in [6, 6.07) is 0. The fourth-order valence-electron chi connectivity index (χ4n) is 2.78. The molecule has 0 radical (unpaired) electrons. The van der Waals surface area contributed by atoms with E-state index in [1.807, 2.05) is 0 Å². The maximum absolute atomic E-state index is 12.2. The van der Waals surface area contributed by atoms with Crippen LogP contribution in [0, 0.1) is 17.3 Å². The van der Waals surface area contributed by atoms with Crippen molar-refractivity contribution < 1.29 is 9.53 Å². The molecular formula is C12H20N2O2S. The highest BCUT2D eigenvalue weighted by molar-refractivity contribution is 7.80. The summed E-state index contributed by atoms with van der Waals surface area (Å²) in [5.41, 5.74) is 5.15. The highest BCUT2D eigenvalue weighted by atomic mass is 32.1. The molecule has 0 spiro atoms. The molecule has 1 heterocycles. The zero-order valence-corrected chi connectivity index (χ0v) is 11.0. The lowest BCUT2D eigenvalue weighted by Crippen LogP contribution is -2.56. The lowest BCUT2D eigenvalue weighted by Gasteiger charge is -2.44. The molecule has 96 valence electrons. The number of carbonyl (C=O) groups excluding carboxylic acids is 1. The molecule has 4 nitrogen and oxygen atoms in total. The number of ether oxygens (including phenoxy) is 1. The number of amides is 1. The summed E-state index contributed by atoms with van der Waals surface area (Å²) in [6.45, 7) is 4.35. The van der Waals surface area contributed by atoms with Crippen molar-refractivity contribution in [3.05, 3.63) is 0 Å². The minimum Gasteiger partial charge on any atom is -0.392 e. The molecule has 0 aromatic carbocycles. The molecule has 0 aromatic heterocycles. The third kappa shape index (κ3) is 2.45. The molecule has 1 atom stereocenters. The van der Waals surface area contributed by atoms with Crippen LogP contribution in [-0.2, 0) is 9.53 Å². The normalized spacial score (nSPS) is 36.3. The lowest BCUT2D eigenvalue weighted by atomic mass is 9.62. The monoisotopic (exact) mass is 256 g/mol. The molecule has 0 aromatic rings. The van der Waals surface area contributed by atoms with Crippen LogP contribution < -0.4 is 11.1 Å². The van der Waals surface area contributed by atoms with Crippen molar-refractivity contribution in [2.24, 2.45) is 23.0 Å². The summed E-state index contributed by atoms with van der Waals surface area (Å²) in [5.74, 6) is 0.993. The molecule has 1 saturated heterocycles. The van der Waals surface area contributed by atoms with Crippen molar-refractivity contribution in [3.63, 3.8) is 0 Å².